The summed E-state index contributed by atoms with van der Waals surface area (Å²) < 4.78 is 7.46. The first kappa shape index (κ1) is 18.7. The van der Waals surface area contributed by atoms with Crippen LogP contribution in [-0.2, 0) is 11.3 Å². The van der Waals surface area contributed by atoms with E-state index in [1.165, 1.54) is 0 Å². The molecule has 0 radical (unpaired) electrons. The maximum absolute atomic E-state index is 13.3. The van der Waals surface area contributed by atoms with E-state index in [2.05, 4.69) is 9.88 Å². The minimum absolute atomic E-state index is 0.0328. The van der Waals surface area contributed by atoms with Gasteiger partial charge in [-0.3, -0.25) is 4.79 Å². The van der Waals surface area contributed by atoms with Gasteiger partial charge in [-0.1, -0.05) is 0 Å². The number of carbonyl (C=O) groups is 2. The molecule has 3 amide bonds. The van der Waals surface area contributed by atoms with Crippen molar-refractivity contribution in [2.75, 3.05) is 13.1 Å². The Bertz CT molecular complexity index is 845. The molecule has 0 aromatic carbocycles. The van der Waals surface area contributed by atoms with Crippen LogP contribution in [0.2, 0.25) is 0 Å². The van der Waals surface area contributed by atoms with E-state index in [1.807, 2.05) is 50.1 Å². The molecule has 2 aliphatic rings. The molecule has 1 unspecified atom stereocenters. The quantitative estimate of drug-likeness (QED) is 0.881. The summed E-state index contributed by atoms with van der Waals surface area (Å²) in [4.78, 5) is 29.6. The van der Waals surface area contributed by atoms with Gasteiger partial charge in [0.1, 0.15) is 12.6 Å². The Morgan fingerprint density at radius 1 is 1.25 bits per heavy atom. The van der Waals surface area contributed by atoms with Gasteiger partial charge in [0.15, 0.2) is 0 Å². The molecule has 3 heterocycles. The number of carbonyl (C=O) groups excluding carboxylic acids is 2. The van der Waals surface area contributed by atoms with Crippen LogP contribution in [0.25, 0.3) is 0 Å². The summed E-state index contributed by atoms with van der Waals surface area (Å²) in [7, 11) is 0. The molecule has 4 rings (SSSR count). The second-order valence-corrected chi connectivity index (χ2v) is 8.71. The first-order valence-corrected chi connectivity index (χ1v) is 9.89. The molecule has 1 aliphatic heterocycles. The van der Waals surface area contributed by atoms with Crippen LogP contribution in [0.1, 0.15) is 50.9 Å². The zero-order chi connectivity index (χ0) is 19.9. The van der Waals surface area contributed by atoms with Crippen molar-refractivity contribution in [2.24, 2.45) is 0 Å². The number of hydrogen-bond acceptors (Lipinski definition) is 3. The average Bonchev–Trinajstić information content (AvgIpc) is 3.12. The molecule has 0 bridgehead atoms. The monoisotopic (exact) mass is 384 g/mol. The number of aromatic nitrogens is 1. The summed E-state index contributed by atoms with van der Waals surface area (Å²) in [5, 5.41) is 3.00. The van der Waals surface area contributed by atoms with Crippen LogP contribution < -0.4 is 5.32 Å². The van der Waals surface area contributed by atoms with Crippen LogP contribution in [0.15, 0.2) is 41.3 Å². The van der Waals surface area contributed by atoms with Crippen molar-refractivity contribution >= 4 is 11.9 Å². The molecule has 1 saturated carbocycles. The molecule has 7 heteroatoms. The summed E-state index contributed by atoms with van der Waals surface area (Å²) in [6.45, 7) is 7.31. The van der Waals surface area contributed by atoms with Crippen molar-refractivity contribution in [3.63, 3.8) is 0 Å². The highest BCUT2D eigenvalue weighted by molar-refractivity contribution is 5.85. The van der Waals surface area contributed by atoms with Crippen LogP contribution in [0.3, 0.4) is 0 Å². The highest BCUT2D eigenvalue weighted by Crippen LogP contribution is 2.33. The van der Waals surface area contributed by atoms with Gasteiger partial charge >= 0.3 is 6.03 Å². The van der Waals surface area contributed by atoms with Gasteiger partial charge in [-0.2, -0.15) is 0 Å². The van der Waals surface area contributed by atoms with E-state index in [0.717, 1.165) is 30.6 Å². The molecule has 1 aliphatic carbocycles. The second kappa shape index (κ2) is 7.04. The third-order valence-corrected chi connectivity index (χ3v) is 5.25. The lowest BCUT2D eigenvalue weighted by Crippen LogP contribution is -2.53. The zero-order valence-corrected chi connectivity index (χ0v) is 16.7. The highest BCUT2D eigenvalue weighted by atomic mass is 16.3. The molecule has 28 heavy (non-hydrogen) atoms. The maximum atomic E-state index is 13.3. The third kappa shape index (κ3) is 3.79. The molecule has 2 aromatic rings. The lowest BCUT2D eigenvalue weighted by Gasteiger charge is -2.38. The van der Waals surface area contributed by atoms with E-state index >= 15 is 0 Å². The average molecular weight is 384 g/mol. The maximum Gasteiger partial charge on any atom is 0.318 e. The van der Waals surface area contributed by atoms with Crippen molar-refractivity contribution < 1.29 is 14.0 Å². The number of urea groups is 1. The van der Waals surface area contributed by atoms with Crippen LogP contribution in [0, 0.1) is 0 Å². The molecule has 0 spiro atoms. The number of rotatable bonds is 4. The molecule has 0 saturated heterocycles. The normalized spacial score (nSPS) is 19.2. The molecule has 1 atom stereocenters. The van der Waals surface area contributed by atoms with Crippen LogP contribution in [0.5, 0.6) is 0 Å². The number of nitrogens with zero attached hydrogens (tertiary/aromatic N) is 3. The molecular weight excluding hydrogens is 356 g/mol. The first-order valence-electron chi connectivity index (χ1n) is 9.89. The lowest BCUT2D eigenvalue weighted by molar-refractivity contribution is -0.134. The van der Waals surface area contributed by atoms with Gasteiger partial charge in [0, 0.05) is 42.1 Å². The Morgan fingerprint density at radius 2 is 2.04 bits per heavy atom. The SMILES string of the molecule is CC(C)(C)NC(=O)N(CC(=O)N1CCn2cccc2C1c1ccoc1)C1CC1. The number of amides is 3. The van der Waals surface area contributed by atoms with E-state index in [0.29, 0.717) is 6.54 Å². The molecule has 1 fully saturated rings. The Balaban J connectivity index is 1.55. The molecule has 2 aromatic heterocycles. The smallest absolute Gasteiger partial charge is 0.318 e. The van der Waals surface area contributed by atoms with Gasteiger partial charge in [-0.25, -0.2) is 4.79 Å². The van der Waals surface area contributed by atoms with Crippen LogP contribution in [0.4, 0.5) is 4.79 Å². The van der Waals surface area contributed by atoms with E-state index in [1.54, 1.807) is 17.4 Å². The van der Waals surface area contributed by atoms with Crippen LogP contribution >= 0.6 is 0 Å². The molecule has 7 nitrogen and oxygen atoms in total. The summed E-state index contributed by atoms with van der Waals surface area (Å²) in [6.07, 6.45) is 7.28. The number of hydrogen-bond donors (Lipinski definition) is 1. The summed E-state index contributed by atoms with van der Waals surface area (Å²) in [5.41, 5.74) is 1.68. The van der Waals surface area contributed by atoms with Gasteiger partial charge in [-0.15, -0.1) is 0 Å². The first-order chi connectivity index (χ1) is 13.3. The van der Waals surface area contributed by atoms with E-state index in [9.17, 15) is 9.59 Å². The van der Waals surface area contributed by atoms with E-state index in [4.69, 9.17) is 4.42 Å². The molecule has 150 valence electrons. The Labute approximate surface area is 165 Å². The van der Waals surface area contributed by atoms with Gasteiger partial charge in [0.2, 0.25) is 5.91 Å². The van der Waals surface area contributed by atoms with Crippen molar-refractivity contribution in [3.8, 4) is 0 Å². The summed E-state index contributed by atoms with van der Waals surface area (Å²) in [6, 6.07) is 5.75. The Kier molecular flexibility index (Phi) is 4.69. The fourth-order valence-corrected chi connectivity index (χ4v) is 3.82. The number of furan rings is 1. The van der Waals surface area contributed by atoms with Crippen molar-refractivity contribution in [1.82, 2.24) is 19.7 Å². The highest BCUT2D eigenvalue weighted by Gasteiger charge is 2.38. The predicted octanol–water partition coefficient (Wildman–Crippen LogP) is 2.99. The Hall–Kier alpha value is -2.70. The lowest BCUT2D eigenvalue weighted by atomic mass is 10.0. The topological polar surface area (TPSA) is 70.7 Å². The predicted molar refractivity (Wildman–Crippen MR) is 105 cm³/mol. The fraction of sp³-hybridized carbons (Fsp3) is 0.524. The molecular formula is C21H28N4O3. The van der Waals surface area contributed by atoms with Crippen molar-refractivity contribution in [3.05, 3.63) is 48.2 Å². The van der Waals surface area contributed by atoms with Gasteiger partial charge in [0.05, 0.1) is 12.5 Å². The van der Waals surface area contributed by atoms with Gasteiger partial charge in [0.25, 0.3) is 0 Å². The second-order valence-electron chi connectivity index (χ2n) is 8.71. The number of fused-ring (bicyclic) bond motifs is 1. The van der Waals surface area contributed by atoms with Gasteiger partial charge in [-0.05, 0) is 51.8 Å². The number of nitrogens with one attached hydrogen (secondary N) is 1. The van der Waals surface area contributed by atoms with E-state index < -0.39 is 0 Å². The third-order valence-electron chi connectivity index (χ3n) is 5.25. The summed E-state index contributed by atoms with van der Waals surface area (Å²) in [5.74, 6) is -0.0328. The van der Waals surface area contributed by atoms with Gasteiger partial charge < -0.3 is 24.1 Å². The van der Waals surface area contributed by atoms with E-state index in [-0.39, 0.29) is 36.1 Å². The minimum atomic E-state index is -0.335. The zero-order valence-electron chi connectivity index (χ0n) is 16.7. The minimum Gasteiger partial charge on any atom is -0.472 e. The summed E-state index contributed by atoms with van der Waals surface area (Å²) >= 11 is 0. The largest absolute Gasteiger partial charge is 0.472 e. The Morgan fingerprint density at radius 3 is 2.68 bits per heavy atom. The molecule has 1 N–H and O–H groups in total. The fourth-order valence-electron chi connectivity index (χ4n) is 3.82. The van der Waals surface area contributed by atoms with Crippen molar-refractivity contribution in [1.29, 1.82) is 0 Å². The van der Waals surface area contributed by atoms with Crippen LogP contribution in [-0.4, -0.2) is 51.0 Å². The standard InChI is InChI=1S/C21H28N4O3/c1-21(2,3)22-20(27)25(16-6-7-16)13-18(26)24-11-10-23-9-4-5-17(23)19(24)15-8-12-28-14-15/h4-5,8-9,12,14,16,19H,6-7,10-11,13H2,1-3H3,(H,22,27). The van der Waals surface area contributed by atoms with Crippen molar-refractivity contribution in [2.45, 2.75) is 57.8 Å².